The van der Waals surface area contributed by atoms with Crippen molar-refractivity contribution in [2.45, 2.75) is 58.0 Å². The minimum absolute atomic E-state index is 0.223. The monoisotopic (exact) mass is 374 g/mol. The molecule has 0 aromatic carbocycles. The van der Waals surface area contributed by atoms with E-state index in [1.807, 2.05) is 20.8 Å². The molecule has 0 aromatic heterocycles. The van der Waals surface area contributed by atoms with E-state index in [0.717, 1.165) is 6.54 Å². The Balaban J connectivity index is 2.27. The van der Waals surface area contributed by atoms with Crippen LogP contribution in [0, 0.1) is 11.8 Å². The summed E-state index contributed by atoms with van der Waals surface area (Å²) in [5.41, 5.74) is 0.788. The van der Waals surface area contributed by atoms with Gasteiger partial charge in [0.05, 0.1) is 0 Å². The van der Waals surface area contributed by atoms with Crippen LogP contribution >= 0.6 is 15.9 Å². The summed E-state index contributed by atoms with van der Waals surface area (Å²) in [6.07, 6.45) is -0.223. The van der Waals surface area contributed by atoms with Crippen LogP contribution in [-0.2, 0) is 4.74 Å². The molecule has 0 aromatic rings. The standard InChI is InChI=1S/C17H31BrN2O2/c1-11(12(2)13(3)14(4)18)8-19-15-9-20(10-15)16(21)22-17(5,6)7/h12-15,19H,1,8-10H2,2-7H3/t12?,13-,14+/m1/s1. The zero-order chi connectivity index (χ0) is 17.1. The highest BCUT2D eigenvalue weighted by Gasteiger charge is 2.33. The molecule has 1 fully saturated rings. The molecule has 1 aliphatic heterocycles. The van der Waals surface area contributed by atoms with E-state index in [9.17, 15) is 4.79 Å². The van der Waals surface area contributed by atoms with Crippen molar-refractivity contribution in [1.82, 2.24) is 10.2 Å². The molecule has 1 unspecified atom stereocenters. The first-order valence-corrected chi connectivity index (χ1v) is 8.96. The third-order valence-electron chi connectivity index (χ3n) is 4.31. The van der Waals surface area contributed by atoms with E-state index in [1.165, 1.54) is 5.57 Å². The Hall–Kier alpha value is -0.550. The zero-order valence-corrected chi connectivity index (χ0v) is 16.4. The number of alkyl halides is 1. The second-order valence-electron chi connectivity index (χ2n) is 7.45. The number of halogens is 1. The molecule has 0 bridgehead atoms. The summed E-state index contributed by atoms with van der Waals surface area (Å²) in [6, 6.07) is 0.341. The third-order valence-corrected chi connectivity index (χ3v) is 5.14. The van der Waals surface area contributed by atoms with Crippen LogP contribution < -0.4 is 5.32 Å². The largest absolute Gasteiger partial charge is 0.444 e. The van der Waals surface area contributed by atoms with E-state index < -0.39 is 5.60 Å². The van der Waals surface area contributed by atoms with Crippen molar-refractivity contribution in [3.63, 3.8) is 0 Å². The molecule has 1 amide bonds. The van der Waals surface area contributed by atoms with Crippen LogP contribution in [0.2, 0.25) is 0 Å². The topological polar surface area (TPSA) is 41.6 Å². The van der Waals surface area contributed by atoms with Gasteiger partial charge in [-0.2, -0.15) is 0 Å². The fraction of sp³-hybridized carbons (Fsp3) is 0.824. The number of hydrogen-bond acceptors (Lipinski definition) is 3. The second-order valence-corrected chi connectivity index (χ2v) is 8.89. The van der Waals surface area contributed by atoms with E-state index >= 15 is 0 Å². The second kappa shape index (κ2) is 7.82. The van der Waals surface area contributed by atoms with E-state index in [2.05, 4.69) is 48.6 Å². The van der Waals surface area contributed by atoms with Crippen LogP contribution in [0.3, 0.4) is 0 Å². The van der Waals surface area contributed by atoms with E-state index in [4.69, 9.17) is 4.74 Å². The lowest BCUT2D eigenvalue weighted by Crippen LogP contribution is -2.60. The molecule has 3 atom stereocenters. The van der Waals surface area contributed by atoms with Gasteiger partial charge in [0.1, 0.15) is 5.60 Å². The number of nitrogens with one attached hydrogen (secondary N) is 1. The molecular formula is C17H31BrN2O2. The Morgan fingerprint density at radius 3 is 2.36 bits per heavy atom. The summed E-state index contributed by atoms with van der Waals surface area (Å²) in [7, 11) is 0. The molecule has 1 rings (SSSR count). The first-order valence-electron chi connectivity index (χ1n) is 8.04. The molecule has 1 saturated heterocycles. The van der Waals surface area contributed by atoms with Crippen LogP contribution in [0.1, 0.15) is 41.5 Å². The predicted octanol–water partition coefficient (Wildman–Crippen LogP) is 3.81. The van der Waals surface area contributed by atoms with Crippen molar-refractivity contribution >= 4 is 22.0 Å². The Kier molecular flexibility index (Phi) is 6.93. The van der Waals surface area contributed by atoms with Crippen LogP contribution in [0.25, 0.3) is 0 Å². The molecule has 0 spiro atoms. The van der Waals surface area contributed by atoms with Crippen molar-refractivity contribution in [2.24, 2.45) is 11.8 Å². The van der Waals surface area contributed by atoms with Gasteiger partial charge in [0.2, 0.25) is 0 Å². The lowest BCUT2D eigenvalue weighted by Gasteiger charge is -2.40. The molecule has 0 saturated carbocycles. The average molecular weight is 375 g/mol. The third kappa shape index (κ3) is 5.92. The first kappa shape index (κ1) is 19.5. The molecule has 1 heterocycles. The lowest BCUT2D eigenvalue weighted by molar-refractivity contribution is 0.00558. The van der Waals surface area contributed by atoms with E-state index in [0.29, 0.717) is 35.8 Å². The van der Waals surface area contributed by atoms with E-state index in [-0.39, 0.29) is 6.09 Å². The summed E-state index contributed by atoms with van der Waals surface area (Å²) >= 11 is 3.64. The van der Waals surface area contributed by atoms with Gasteiger partial charge in [-0.1, -0.05) is 48.9 Å². The number of likely N-dealkylation sites (tertiary alicyclic amines) is 1. The van der Waals surface area contributed by atoms with Gasteiger partial charge < -0.3 is 15.0 Å². The summed E-state index contributed by atoms with van der Waals surface area (Å²) < 4.78 is 5.35. The highest BCUT2D eigenvalue weighted by Crippen LogP contribution is 2.26. The molecule has 128 valence electrons. The summed E-state index contributed by atoms with van der Waals surface area (Å²) in [4.78, 5) is 14.1. The van der Waals surface area contributed by atoms with Crippen LogP contribution in [0.4, 0.5) is 4.79 Å². The maximum atomic E-state index is 11.9. The van der Waals surface area contributed by atoms with Gasteiger partial charge in [0, 0.05) is 30.5 Å². The number of ether oxygens (including phenoxy) is 1. The van der Waals surface area contributed by atoms with Gasteiger partial charge in [-0.25, -0.2) is 4.79 Å². The number of carbonyl (C=O) groups is 1. The quantitative estimate of drug-likeness (QED) is 0.567. The van der Waals surface area contributed by atoms with Crippen LogP contribution in [-0.4, -0.2) is 47.1 Å². The Morgan fingerprint density at radius 2 is 1.91 bits per heavy atom. The molecule has 22 heavy (non-hydrogen) atoms. The zero-order valence-electron chi connectivity index (χ0n) is 14.8. The summed E-state index contributed by atoms with van der Waals surface area (Å²) in [5.74, 6) is 1.01. The van der Waals surface area contributed by atoms with Gasteiger partial charge in [0.15, 0.2) is 0 Å². The highest BCUT2D eigenvalue weighted by atomic mass is 79.9. The number of rotatable bonds is 6. The van der Waals surface area contributed by atoms with Crippen molar-refractivity contribution in [2.75, 3.05) is 19.6 Å². The number of carbonyl (C=O) groups excluding carboxylic acids is 1. The highest BCUT2D eigenvalue weighted by molar-refractivity contribution is 9.09. The SMILES string of the molecule is C=C(CNC1CN(C(=O)OC(C)(C)C)C1)C(C)[C@@H](C)[C@H](C)Br. The minimum Gasteiger partial charge on any atom is -0.444 e. The van der Waals surface area contributed by atoms with Gasteiger partial charge >= 0.3 is 6.09 Å². The molecule has 4 nitrogen and oxygen atoms in total. The number of hydrogen-bond donors (Lipinski definition) is 1. The molecule has 1 aliphatic rings. The fourth-order valence-electron chi connectivity index (χ4n) is 2.29. The Bertz CT molecular complexity index is 398. The maximum absolute atomic E-state index is 11.9. The molecule has 5 heteroatoms. The normalized spacial score (nSPS) is 20.0. The number of amides is 1. The van der Waals surface area contributed by atoms with Gasteiger partial charge in [-0.05, 0) is 32.6 Å². The van der Waals surface area contributed by atoms with Crippen molar-refractivity contribution in [3.8, 4) is 0 Å². The smallest absolute Gasteiger partial charge is 0.410 e. The lowest BCUT2D eigenvalue weighted by atomic mass is 9.87. The van der Waals surface area contributed by atoms with Gasteiger partial charge in [-0.3, -0.25) is 0 Å². The van der Waals surface area contributed by atoms with Crippen molar-refractivity contribution in [3.05, 3.63) is 12.2 Å². The maximum Gasteiger partial charge on any atom is 0.410 e. The first-order chi connectivity index (χ1) is 10.0. The summed E-state index contributed by atoms with van der Waals surface area (Å²) in [5, 5.41) is 3.48. The summed E-state index contributed by atoms with van der Waals surface area (Å²) in [6.45, 7) is 18.7. The molecule has 1 N–H and O–H groups in total. The van der Waals surface area contributed by atoms with Crippen LogP contribution in [0.5, 0.6) is 0 Å². The minimum atomic E-state index is -0.429. The average Bonchev–Trinajstić information content (AvgIpc) is 2.32. The van der Waals surface area contributed by atoms with Gasteiger partial charge in [-0.15, -0.1) is 0 Å². The number of nitrogens with zero attached hydrogens (tertiary/aromatic N) is 1. The Labute approximate surface area is 143 Å². The van der Waals surface area contributed by atoms with Crippen LogP contribution in [0.15, 0.2) is 12.2 Å². The van der Waals surface area contributed by atoms with Crippen molar-refractivity contribution in [1.29, 1.82) is 0 Å². The molecular weight excluding hydrogens is 344 g/mol. The van der Waals surface area contributed by atoms with Crippen molar-refractivity contribution < 1.29 is 9.53 Å². The van der Waals surface area contributed by atoms with Gasteiger partial charge in [0.25, 0.3) is 0 Å². The fourth-order valence-corrected chi connectivity index (χ4v) is 2.75. The Morgan fingerprint density at radius 1 is 1.36 bits per heavy atom. The van der Waals surface area contributed by atoms with E-state index in [1.54, 1.807) is 4.90 Å². The molecule has 0 aliphatic carbocycles. The predicted molar refractivity (Wildman–Crippen MR) is 95.5 cm³/mol. The molecule has 0 radical (unpaired) electrons.